The van der Waals surface area contributed by atoms with E-state index in [2.05, 4.69) is 20.8 Å². The van der Waals surface area contributed by atoms with Crippen molar-refractivity contribution >= 4 is 5.91 Å². The van der Waals surface area contributed by atoms with Crippen molar-refractivity contribution in [3.63, 3.8) is 0 Å². The van der Waals surface area contributed by atoms with E-state index in [0.29, 0.717) is 31.0 Å². The van der Waals surface area contributed by atoms with Gasteiger partial charge in [0.2, 0.25) is 0 Å². The molecule has 0 aliphatic rings. The van der Waals surface area contributed by atoms with Crippen molar-refractivity contribution in [2.75, 3.05) is 26.2 Å². The van der Waals surface area contributed by atoms with Gasteiger partial charge in [0.1, 0.15) is 5.75 Å². The molecule has 1 aromatic carbocycles. The van der Waals surface area contributed by atoms with Crippen molar-refractivity contribution in [1.82, 2.24) is 4.90 Å². The van der Waals surface area contributed by atoms with Gasteiger partial charge in [-0.1, -0.05) is 32.9 Å². The fraction of sp³-hybridized carbons (Fsp3) is 0.588. The zero-order valence-electron chi connectivity index (χ0n) is 13.7. The highest BCUT2D eigenvalue weighted by molar-refractivity contribution is 5.97. The molecule has 2 N–H and O–H groups in total. The zero-order chi connectivity index (χ0) is 15.9. The molecular weight excluding hydrogens is 264 g/mol. The molecule has 0 atom stereocenters. The van der Waals surface area contributed by atoms with Crippen LogP contribution in [0.15, 0.2) is 24.3 Å². The minimum Gasteiger partial charge on any atom is -0.493 e. The van der Waals surface area contributed by atoms with Gasteiger partial charge in [-0.2, -0.15) is 0 Å². The summed E-state index contributed by atoms with van der Waals surface area (Å²) in [6.45, 7) is 10.6. The maximum absolute atomic E-state index is 12.8. The van der Waals surface area contributed by atoms with E-state index in [-0.39, 0.29) is 11.3 Å². The number of rotatable bonds is 8. The van der Waals surface area contributed by atoms with Crippen LogP contribution in [-0.2, 0) is 0 Å². The summed E-state index contributed by atoms with van der Waals surface area (Å²) in [6, 6.07) is 7.42. The Balaban J connectivity index is 3.00. The van der Waals surface area contributed by atoms with E-state index in [0.717, 1.165) is 13.0 Å². The van der Waals surface area contributed by atoms with E-state index < -0.39 is 0 Å². The van der Waals surface area contributed by atoms with E-state index in [1.807, 2.05) is 36.1 Å². The second-order valence-corrected chi connectivity index (χ2v) is 6.02. The molecule has 0 unspecified atom stereocenters. The standard InChI is InChI=1S/C17H28N2O2/c1-5-11-19(13-17(3,4)12-18)16(20)14-9-7-8-10-15(14)21-6-2/h7-10H,5-6,11-13,18H2,1-4H3. The number of hydrogen-bond acceptors (Lipinski definition) is 3. The molecule has 0 aliphatic carbocycles. The Labute approximate surface area is 128 Å². The topological polar surface area (TPSA) is 55.6 Å². The molecule has 21 heavy (non-hydrogen) atoms. The van der Waals surface area contributed by atoms with Crippen molar-refractivity contribution in [1.29, 1.82) is 0 Å². The Kier molecular flexibility index (Phi) is 6.69. The van der Waals surface area contributed by atoms with E-state index >= 15 is 0 Å². The van der Waals surface area contributed by atoms with Crippen molar-refractivity contribution in [3.05, 3.63) is 29.8 Å². The van der Waals surface area contributed by atoms with Crippen molar-refractivity contribution in [2.24, 2.45) is 11.1 Å². The van der Waals surface area contributed by atoms with Gasteiger partial charge < -0.3 is 15.4 Å². The van der Waals surface area contributed by atoms with Gasteiger partial charge in [0.15, 0.2) is 0 Å². The van der Waals surface area contributed by atoms with Gasteiger partial charge in [0.25, 0.3) is 5.91 Å². The van der Waals surface area contributed by atoms with Crippen LogP contribution in [0.3, 0.4) is 0 Å². The van der Waals surface area contributed by atoms with Crippen molar-refractivity contribution < 1.29 is 9.53 Å². The lowest BCUT2D eigenvalue weighted by Gasteiger charge is -2.32. The van der Waals surface area contributed by atoms with E-state index in [9.17, 15) is 4.79 Å². The highest BCUT2D eigenvalue weighted by Crippen LogP contribution is 2.23. The molecule has 0 saturated heterocycles. The van der Waals surface area contributed by atoms with Crippen molar-refractivity contribution in [2.45, 2.75) is 34.1 Å². The van der Waals surface area contributed by atoms with Crippen LogP contribution in [0.2, 0.25) is 0 Å². The number of hydrogen-bond donors (Lipinski definition) is 1. The molecule has 1 amide bonds. The Hall–Kier alpha value is -1.55. The maximum Gasteiger partial charge on any atom is 0.257 e. The fourth-order valence-corrected chi connectivity index (χ4v) is 2.20. The summed E-state index contributed by atoms with van der Waals surface area (Å²) in [5, 5.41) is 0. The number of nitrogens with two attached hydrogens (primary N) is 1. The molecule has 0 radical (unpaired) electrons. The molecule has 0 saturated carbocycles. The van der Waals surface area contributed by atoms with Crippen LogP contribution >= 0.6 is 0 Å². The third kappa shape index (κ3) is 5.05. The van der Waals surface area contributed by atoms with E-state index in [1.165, 1.54) is 0 Å². The van der Waals surface area contributed by atoms with Gasteiger partial charge in [0.05, 0.1) is 12.2 Å². The summed E-state index contributed by atoms with van der Waals surface area (Å²) < 4.78 is 5.57. The van der Waals surface area contributed by atoms with Gasteiger partial charge in [-0.15, -0.1) is 0 Å². The summed E-state index contributed by atoms with van der Waals surface area (Å²) in [7, 11) is 0. The summed E-state index contributed by atoms with van der Waals surface area (Å²) >= 11 is 0. The van der Waals surface area contributed by atoms with Crippen LogP contribution in [-0.4, -0.2) is 37.0 Å². The van der Waals surface area contributed by atoms with Crippen LogP contribution in [0.4, 0.5) is 0 Å². The highest BCUT2D eigenvalue weighted by atomic mass is 16.5. The molecule has 118 valence electrons. The lowest BCUT2D eigenvalue weighted by Crippen LogP contribution is -2.42. The van der Waals surface area contributed by atoms with Gasteiger partial charge >= 0.3 is 0 Å². The van der Waals surface area contributed by atoms with Crippen LogP contribution in [0.25, 0.3) is 0 Å². The average molecular weight is 292 g/mol. The number of nitrogens with zero attached hydrogens (tertiary/aromatic N) is 1. The van der Waals surface area contributed by atoms with Crippen LogP contribution in [0.1, 0.15) is 44.5 Å². The van der Waals surface area contributed by atoms with Crippen molar-refractivity contribution in [3.8, 4) is 5.75 Å². The van der Waals surface area contributed by atoms with Gasteiger partial charge in [0, 0.05) is 13.1 Å². The first-order chi connectivity index (χ1) is 9.95. The molecule has 4 nitrogen and oxygen atoms in total. The maximum atomic E-state index is 12.8. The van der Waals surface area contributed by atoms with E-state index in [4.69, 9.17) is 10.5 Å². The Morgan fingerprint density at radius 2 is 1.95 bits per heavy atom. The minimum atomic E-state index is -0.0919. The van der Waals surface area contributed by atoms with Gasteiger partial charge in [-0.25, -0.2) is 0 Å². The second-order valence-electron chi connectivity index (χ2n) is 6.02. The lowest BCUT2D eigenvalue weighted by molar-refractivity contribution is 0.0685. The number of para-hydroxylation sites is 1. The summed E-state index contributed by atoms with van der Waals surface area (Å²) in [6.07, 6.45) is 0.920. The quantitative estimate of drug-likeness (QED) is 0.801. The first-order valence-corrected chi connectivity index (χ1v) is 7.66. The molecule has 0 aliphatic heterocycles. The molecule has 1 aromatic rings. The first kappa shape index (κ1) is 17.5. The average Bonchev–Trinajstić information content (AvgIpc) is 2.47. The van der Waals surface area contributed by atoms with Gasteiger partial charge in [-0.05, 0) is 37.4 Å². The number of ether oxygens (including phenoxy) is 1. The Morgan fingerprint density at radius 3 is 2.52 bits per heavy atom. The number of amides is 1. The molecule has 0 spiro atoms. The highest BCUT2D eigenvalue weighted by Gasteiger charge is 2.25. The zero-order valence-corrected chi connectivity index (χ0v) is 13.7. The molecule has 1 rings (SSSR count). The SMILES string of the molecule is CCCN(CC(C)(C)CN)C(=O)c1ccccc1OCC. The molecule has 0 heterocycles. The first-order valence-electron chi connectivity index (χ1n) is 7.66. The van der Waals surface area contributed by atoms with Crippen LogP contribution < -0.4 is 10.5 Å². The molecule has 0 fully saturated rings. The Bertz CT molecular complexity index is 458. The summed E-state index contributed by atoms with van der Waals surface area (Å²) in [5.74, 6) is 0.666. The molecule has 4 heteroatoms. The smallest absolute Gasteiger partial charge is 0.257 e. The monoisotopic (exact) mass is 292 g/mol. The number of carbonyl (C=O) groups excluding carboxylic acids is 1. The summed E-state index contributed by atoms with van der Waals surface area (Å²) in [5.41, 5.74) is 6.34. The predicted molar refractivity (Wildman–Crippen MR) is 86.6 cm³/mol. The largest absolute Gasteiger partial charge is 0.493 e. The lowest BCUT2D eigenvalue weighted by atomic mass is 9.92. The minimum absolute atomic E-state index is 0.0161. The molecule has 0 aromatic heterocycles. The van der Waals surface area contributed by atoms with E-state index in [1.54, 1.807) is 0 Å². The molecular formula is C17H28N2O2. The Morgan fingerprint density at radius 1 is 1.29 bits per heavy atom. The number of benzene rings is 1. The predicted octanol–water partition coefficient (Wildman–Crippen LogP) is 2.92. The normalized spacial score (nSPS) is 11.3. The molecule has 0 bridgehead atoms. The summed E-state index contributed by atoms with van der Waals surface area (Å²) in [4.78, 5) is 14.7. The number of carbonyl (C=O) groups is 1. The van der Waals surface area contributed by atoms with Crippen LogP contribution in [0, 0.1) is 5.41 Å². The second kappa shape index (κ2) is 8.03. The van der Waals surface area contributed by atoms with Crippen LogP contribution in [0.5, 0.6) is 5.75 Å². The van der Waals surface area contributed by atoms with Gasteiger partial charge in [-0.3, -0.25) is 4.79 Å². The third-order valence-electron chi connectivity index (χ3n) is 3.37. The fourth-order valence-electron chi connectivity index (χ4n) is 2.20. The third-order valence-corrected chi connectivity index (χ3v) is 3.37.